The number of aromatic nitrogens is 1. The van der Waals surface area contributed by atoms with Gasteiger partial charge in [0.1, 0.15) is 11.6 Å². The predicted octanol–water partition coefficient (Wildman–Crippen LogP) is 5.83. The fourth-order valence-electron chi connectivity index (χ4n) is 3.78. The second-order valence-corrected chi connectivity index (χ2v) is 10.7. The quantitative estimate of drug-likeness (QED) is 0.227. The van der Waals surface area contributed by atoms with Gasteiger partial charge in [-0.2, -0.15) is 4.31 Å². The van der Waals surface area contributed by atoms with E-state index in [1.54, 1.807) is 24.5 Å². The van der Waals surface area contributed by atoms with Crippen LogP contribution in [0, 0.1) is 5.82 Å². The number of carbonyl (C=O) groups is 1. The van der Waals surface area contributed by atoms with E-state index in [-0.39, 0.29) is 30.1 Å². The Morgan fingerprint density at radius 3 is 2.17 bits per heavy atom. The first-order chi connectivity index (χ1) is 19.5. The van der Waals surface area contributed by atoms with Crippen molar-refractivity contribution in [3.63, 3.8) is 0 Å². The summed E-state index contributed by atoms with van der Waals surface area (Å²) in [4.78, 5) is 16.0. The zero-order chi connectivity index (χ0) is 29.5. The van der Waals surface area contributed by atoms with Crippen molar-refractivity contribution in [2.24, 2.45) is 0 Å². The summed E-state index contributed by atoms with van der Waals surface area (Å²) in [6, 6.07) is 18.6. The third-order valence-electron chi connectivity index (χ3n) is 5.72. The Kier molecular flexibility index (Phi) is 9.20. The summed E-state index contributed by atoms with van der Waals surface area (Å²) in [5, 5.41) is 5.29. The molecule has 0 spiro atoms. The van der Waals surface area contributed by atoms with E-state index in [4.69, 9.17) is 0 Å². The molecule has 0 atom stereocenters. The summed E-state index contributed by atoms with van der Waals surface area (Å²) >= 11 is 0. The average molecular weight is 589 g/mol. The van der Waals surface area contributed by atoms with E-state index in [1.165, 1.54) is 60.7 Å². The van der Waals surface area contributed by atoms with Gasteiger partial charge in [-0.3, -0.25) is 4.98 Å². The van der Waals surface area contributed by atoms with Gasteiger partial charge < -0.3 is 15.4 Å². The zero-order valence-electron chi connectivity index (χ0n) is 21.3. The van der Waals surface area contributed by atoms with Gasteiger partial charge in [0.2, 0.25) is 10.0 Å². The molecule has 8 nitrogen and oxygen atoms in total. The van der Waals surface area contributed by atoms with E-state index in [9.17, 15) is 30.8 Å². The van der Waals surface area contributed by atoms with Crippen molar-refractivity contribution >= 4 is 21.7 Å². The van der Waals surface area contributed by atoms with Gasteiger partial charge in [0.15, 0.2) is 0 Å². The van der Waals surface area contributed by atoms with Crippen molar-refractivity contribution in [1.82, 2.24) is 14.6 Å². The number of rotatable bonds is 10. The van der Waals surface area contributed by atoms with E-state index < -0.39 is 34.0 Å². The molecule has 0 aliphatic rings. The molecule has 0 aliphatic carbocycles. The van der Waals surface area contributed by atoms with Crippen LogP contribution in [0.5, 0.6) is 5.75 Å². The van der Waals surface area contributed by atoms with E-state index in [2.05, 4.69) is 20.4 Å². The van der Waals surface area contributed by atoms with Crippen molar-refractivity contribution < 1.29 is 35.5 Å². The number of benzene rings is 3. The fourth-order valence-corrected chi connectivity index (χ4v) is 5.20. The number of hydrogen-bond acceptors (Lipinski definition) is 5. The number of halogens is 4. The molecule has 0 fully saturated rings. The number of nitrogens with one attached hydrogen (secondary N) is 2. The van der Waals surface area contributed by atoms with Gasteiger partial charge in [0, 0.05) is 37.7 Å². The van der Waals surface area contributed by atoms with Gasteiger partial charge in [-0.05, 0) is 77.4 Å². The average Bonchev–Trinajstić information content (AvgIpc) is 2.93. The van der Waals surface area contributed by atoms with Gasteiger partial charge in [0.25, 0.3) is 0 Å². The molecule has 0 bridgehead atoms. The highest BCUT2D eigenvalue weighted by Gasteiger charge is 2.31. The lowest BCUT2D eigenvalue weighted by atomic mass is 10.2. The van der Waals surface area contributed by atoms with Crippen LogP contribution < -0.4 is 15.4 Å². The lowest BCUT2D eigenvalue weighted by molar-refractivity contribution is -0.274. The molecular formula is C28H24F4N4O4S. The largest absolute Gasteiger partial charge is 0.573 e. The molecule has 3 aromatic carbocycles. The van der Waals surface area contributed by atoms with E-state index in [1.807, 2.05) is 0 Å². The predicted molar refractivity (Wildman–Crippen MR) is 142 cm³/mol. The standard InChI is InChI=1S/C28H24F4N4O4S/c29-23-6-4-21(5-7-23)18-36(19-22-2-1-3-25(16-22)40-28(30,31)32)41(38,39)26-10-8-24(9-11-26)35-27(37)34-17-20-12-14-33-15-13-20/h1-16H,17-19H2,(H2,34,35,37). The molecule has 214 valence electrons. The minimum absolute atomic E-state index is 0.120. The third-order valence-corrected chi connectivity index (χ3v) is 7.52. The number of urea groups is 1. The monoisotopic (exact) mass is 588 g/mol. The van der Waals surface area contributed by atoms with Crippen LogP contribution in [0.4, 0.5) is 28.0 Å². The Balaban J connectivity index is 1.52. The molecule has 13 heteroatoms. The van der Waals surface area contributed by atoms with E-state index in [0.29, 0.717) is 11.3 Å². The molecule has 41 heavy (non-hydrogen) atoms. The van der Waals surface area contributed by atoms with Gasteiger partial charge in [0.05, 0.1) is 4.90 Å². The Morgan fingerprint density at radius 1 is 0.854 bits per heavy atom. The first-order valence-corrected chi connectivity index (χ1v) is 13.5. The number of nitrogens with zero attached hydrogens (tertiary/aromatic N) is 2. The molecule has 1 heterocycles. The van der Waals surface area contributed by atoms with Crippen molar-refractivity contribution in [2.75, 3.05) is 5.32 Å². The SMILES string of the molecule is O=C(NCc1ccncc1)Nc1ccc(S(=O)(=O)N(Cc2ccc(F)cc2)Cc2cccc(OC(F)(F)F)c2)cc1. The van der Waals surface area contributed by atoms with Crippen LogP contribution in [-0.2, 0) is 29.7 Å². The minimum Gasteiger partial charge on any atom is -0.406 e. The topological polar surface area (TPSA) is 101 Å². The molecule has 2 N–H and O–H groups in total. The number of pyridine rings is 1. The minimum atomic E-state index is -4.91. The molecule has 0 unspecified atom stereocenters. The van der Waals surface area contributed by atoms with Crippen molar-refractivity contribution in [3.05, 3.63) is 120 Å². The second-order valence-electron chi connectivity index (χ2n) is 8.78. The van der Waals surface area contributed by atoms with Crippen molar-refractivity contribution in [1.29, 1.82) is 0 Å². The molecule has 0 saturated heterocycles. The number of alkyl halides is 3. The number of anilines is 1. The van der Waals surface area contributed by atoms with Crippen LogP contribution in [0.25, 0.3) is 0 Å². The lowest BCUT2D eigenvalue weighted by Gasteiger charge is -2.23. The molecular weight excluding hydrogens is 564 g/mol. The number of sulfonamides is 1. The highest BCUT2D eigenvalue weighted by atomic mass is 32.2. The lowest BCUT2D eigenvalue weighted by Crippen LogP contribution is -2.30. The molecule has 0 saturated carbocycles. The molecule has 1 aromatic heterocycles. The Labute approximate surface area is 233 Å². The van der Waals surface area contributed by atoms with Gasteiger partial charge in [-0.15, -0.1) is 13.2 Å². The summed E-state index contributed by atoms with van der Waals surface area (Å²) < 4.78 is 83.9. The van der Waals surface area contributed by atoms with E-state index in [0.717, 1.165) is 22.0 Å². The number of carbonyl (C=O) groups excluding carboxylic acids is 1. The Morgan fingerprint density at radius 2 is 1.51 bits per heavy atom. The number of ether oxygens (including phenoxy) is 1. The van der Waals surface area contributed by atoms with Gasteiger partial charge >= 0.3 is 12.4 Å². The van der Waals surface area contributed by atoms with Crippen LogP contribution >= 0.6 is 0 Å². The van der Waals surface area contributed by atoms with Crippen molar-refractivity contribution in [3.8, 4) is 5.75 Å². The first-order valence-electron chi connectivity index (χ1n) is 12.1. The number of amides is 2. The van der Waals surface area contributed by atoms with E-state index >= 15 is 0 Å². The number of hydrogen-bond donors (Lipinski definition) is 2. The Hall–Kier alpha value is -4.49. The van der Waals surface area contributed by atoms with Crippen molar-refractivity contribution in [2.45, 2.75) is 30.9 Å². The summed E-state index contributed by atoms with van der Waals surface area (Å²) in [5.41, 5.74) is 1.87. The smallest absolute Gasteiger partial charge is 0.406 e. The highest BCUT2D eigenvalue weighted by molar-refractivity contribution is 7.89. The summed E-state index contributed by atoms with van der Waals surface area (Å²) in [5.74, 6) is -1.00. The molecule has 2 amide bonds. The van der Waals surface area contributed by atoms with Gasteiger partial charge in [-0.25, -0.2) is 17.6 Å². The normalized spacial score (nSPS) is 11.7. The first kappa shape index (κ1) is 29.5. The van der Waals surface area contributed by atoms with Gasteiger partial charge in [-0.1, -0.05) is 24.3 Å². The van der Waals surface area contributed by atoms with Crippen LogP contribution in [0.3, 0.4) is 0 Å². The molecule has 0 aliphatic heterocycles. The third kappa shape index (κ3) is 8.75. The maximum absolute atomic E-state index is 13.7. The summed E-state index contributed by atoms with van der Waals surface area (Å²) in [6.45, 7) is -0.231. The second kappa shape index (κ2) is 12.8. The zero-order valence-corrected chi connectivity index (χ0v) is 22.1. The highest BCUT2D eigenvalue weighted by Crippen LogP contribution is 2.27. The summed E-state index contributed by atoms with van der Waals surface area (Å²) in [6.07, 6.45) is -1.72. The van der Waals surface area contributed by atoms with Crippen LogP contribution in [-0.4, -0.2) is 30.1 Å². The molecule has 4 aromatic rings. The maximum Gasteiger partial charge on any atom is 0.573 e. The van der Waals surface area contributed by atoms with Crippen LogP contribution in [0.15, 0.2) is 102 Å². The molecule has 4 rings (SSSR count). The van der Waals surface area contributed by atoms with Crippen LogP contribution in [0.1, 0.15) is 16.7 Å². The molecule has 0 radical (unpaired) electrons. The fraction of sp³-hybridized carbons (Fsp3) is 0.143. The maximum atomic E-state index is 13.7. The Bertz CT molecular complexity index is 1570. The summed E-state index contributed by atoms with van der Waals surface area (Å²) in [7, 11) is -4.20. The van der Waals surface area contributed by atoms with Crippen LogP contribution in [0.2, 0.25) is 0 Å².